The second-order valence-corrected chi connectivity index (χ2v) is 16.0. The summed E-state index contributed by atoms with van der Waals surface area (Å²) in [6.07, 6.45) is 0. The van der Waals surface area contributed by atoms with E-state index in [1.807, 2.05) is 0 Å². The van der Waals surface area contributed by atoms with Crippen LogP contribution in [0, 0.1) is 0 Å². The van der Waals surface area contributed by atoms with E-state index in [4.69, 9.17) is 35.9 Å². The summed E-state index contributed by atoms with van der Waals surface area (Å²) in [6.45, 7) is 0. The first-order chi connectivity index (χ1) is 3.13. The van der Waals surface area contributed by atoms with Crippen LogP contribution < -0.4 is 0 Å². The van der Waals surface area contributed by atoms with Crippen LogP contribution in [0.1, 0.15) is 0 Å². The average molecular weight is 411 g/mol. The van der Waals surface area contributed by atoms with Crippen molar-refractivity contribution in [2.24, 2.45) is 1.43 Å². The summed E-state index contributed by atoms with van der Waals surface area (Å²) < 4.78 is 3.68. The van der Waals surface area contributed by atoms with Gasteiger partial charge in [0.1, 0.15) is 0 Å². The molecule has 0 bridgehead atoms. The third kappa shape index (κ3) is 8.54. The Balaban J connectivity index is 3.45. The Labute approximate surface area is 70.7 Å². The first-order valence-electron chi connectivity index (χ1n) is 0.982. The molecule has 0 amide bonds. The molecule has 0 radical (unpaired) electrons. The zero-order valence-corrected chi connectivity index (χ0v) is 10.5. The quantitative estimate of drug-likeness (QED) is 0.587. The number of rotatable bonds is 1. The molecule has 0 N–H and O–H groups in total. The standard InChI is InChI=1S/Cl4NTe2/c1-6(2)5-7(3)4/q+1. The van der Waals surface area contributed by atoms with E-state index in [9.17, 15) is 0 Å². The normalized spacial score (nSPS) is 10.6. The SMILES string of the molecule is Cl[Te](Cl)=N[Te+](Cl)Cl. The fourth-order valence-electron chi connectivity index (χ4n) is 0.0426. The summed E-state index contributed by atoms with van der Waals surface area (Å²) in [7, 11) is 21.3. The van der Waals surface area contributed by atoms with Gasteiger partial charge in [-0.3, -0.25) is 0 Å². The molecule has 0 fully saturated rings. The maximum atomic E-state index is 5.32. The van der Waals surface area contributed by atoms with E-state index < -0.39 is 34.7 Å². The van der Waals surface area contributed by atoms with Gasteiger partial charge in [-0.05, 0) is 0 Å². The molecule has 0 aliphatic rings. The molecule has 0 aromatic rings. The van der Waals surface area contributed by atoms with Crippen LogP contribution in [0.4, 0.5) is 0 Å². The van der Waals surface area contributed by atoms with Crippen LogP contribution >= 0.6 is 35.9 Å². The van der Waals surface area contributed by atoms with Crippen molar-refractivity contribution in [2.75, 3.05) is 0 Å². The molecule has 0 unspecified atom stereocenters. The van der Waals surface area contributed by atoms with Gasteiger partial charge in [0.25, 0.3) is 0 Å². The van der Waals surface area contributed by atoms with Gasteiger partial charge in [0.2, 0.25) is 0 Å². The second kappa shape index (κ2) is 5.33. The Hall–Kier alpha value is 2.54. The maximum absolute atomic E-state index is 5.32. The van der Waals surface area contributed by atoms with E-state index in [0.29, 0.717) is 0 Å². The summed E-state index contributed by atoms with van der Waals surface area (Å²) in [4.78, 5) is 0. The number of nitrogens with zero attached hydrogens (tertiary/aromatic N) is 1. The second-order valence-electron chi connectivity index (χ2n) is 0.467. The van der Waals surface area contributed by atoms with Gasteiger partial charge in [0.15, 0.2) is 0 Å². The van der Waals surface area contributed by atoms with Gasteiger partial charge in [-0.1, -0.05) is 0 Å². The van der Waals surface area contributed by atoms with E-state index in [0.717, 1.165) is 0 Å². The van der Waals surface area contributed by atoms with Crippen molar-refractivity contribution in [2.45, 2.75) is 0 Å². The van der Waals surface area contributed by atoms with Gasteiger partial charge in [-0.15, -0.1) is 0 Å². The van der Waals surface area contributed by atoms with Crippen LogP contribution in [-0.2, 0) is 0 Å². The van der Waals surface area contributed by atoms with Crippen LogP contribution in [0.25, 0.3) is 0 Å². The third-order valence-corrected chi connectivity index (χ3v) is 15.2. The van der Waals surface area contributed by atoms with Crippen LogP contribution in [0.5, 0.6) is 0 Å². The van der Waals surface area contributed by atoms with Gasteiger partial charge in [0, 0.05) is 0 Å². The molecule has 0 atom stereocenters. The number of halogens is 4. The Morgan fingerprint density at radius 1 is 1.29 bits per heavy atom. The van der Waals surface area contributed by atoms with Gasteiger partial charge in [-0.2, -0.15) is 0 Å². The number of hydrogen-bond donors (Lipinski definition) is 0. The zero-order valence-electron chi connectivity index (χ0n) is 2.78. The molecular weight excluding hydrogens is 411 g/mol. The fraction of sp³-hybridized carbons (Fsp3) is 0. The molecular formula is Cl4NTe2+. The van der Waals surface area contributed by atoms with Crippen molar-refractivity contribution in [3.63, 3.8) is 0 Å². The van der Waals surface area contributed by atoms with E-state index in [-0.39, 0.29) is 0 Å². The molecule has 7 heteroatoms. The van der Waals surface area contributed by atoms with Crippen LogP contribution in [-0.4, -0.2) is 34.7 Å². The first-order valence-corrected chi connectivity index (χ1v) is 14.9. The van der Waals surface area contributed by atoms with Gasteiger partial charge in [0.05, 0.1) is 0 Å². The van der Waals surface area contributed by atoms with Crippen molar-refractivity contribution in [3.8, 4) is 0 Å². The van der Waals surface area contributed by atoms with Crippen molar-refractivity contribution in [1.82, 2.24) is 0 Å². The van der Waals surface area contributed by atoms with Crippen molar-refractivity contribution >= 4 is 70.6 Å². The predicted octanol–water partition coefficient (Wildman–Crippen LogP) is 2.18. The predicted molar refractivity (Wildman–Crippen MR) is 37.3 cm³/mol. The van der Waals surface area contributed by atoms with Crippen LogP contribution in [0.2, 0.25) is 0 Å². The van der Waals surface area contributed by atoms with Crippen LogP contribution in [0.3, 0.4) is 0 Å². The van der Waals surface area contributed by atoms with E-state index >= 15 is 0 Å². The van der Waals surface area contributed by atoms with Gasteiger partial charge < -0.3 is 0 Å². The first kappa shape index (κ1) is 9.54. The molecule has 7 heavy (non-hydrogen) atoms. The molecule has 1 nitrogen and oxygen atoms in total. The molecule has 0 saturated carbocycles. The fourth-order valence-corrected chi connectivity index (χ4v) is 17.2. The van der Waals surface area contributed by atoms with E-state index in [2.05, 4.69) is 1.43 Å². The molecule has 0 aliphatic carbocycles. The summed E-state index contributed by atoms with van der Waals surface area (Å²) >= 11 is -4.19. The molecule has 0 rings (SSSR count). The summed E-state index contributed by atoms with van der Waals surface area (Å²) in [5, 5.41) is 0. The topological polar surface area (TPSA) is 12.4 Å². The average Bonchev–Trinajstić information content (AvgIpc) is 1.27. The Morgan fingerprint density at radius 3 is 1.71 bits per heavy atom. The molecule has 0 heterocycles. The van der Waals surface area contributed by atoms with Crippen molar-refractivity contribution in [1.29, 1.82) is 0 Å². The molecule has 0 aliphatic heterocycles. The van der Waals surface area contributed by atoms with Gasteiger partial charge >= 0.3 is 72.0 Å². The minimum atomic E-state index is -2.09. The van der Waals surface area contributed by atoms with Gasteiger partial charge in [-0.25, -0.2) is 0 Å². The van der Waals surface area contributed by atoms with Crippen LogP contribution in [0.15, 0.2) is 1.43 Å². The summed E-state index contributed by atoms with van der Waals surface area (Å²) in [5.74, 6) is 0. The molecule has 0 aromatic heterocycles. The van der Waals surface area contributed by atoms with Crippen molar-refractivity contribution in [3.05, 3.63) is 0 Å². The molecule has 0 spiro atoms. The Kier molecular flexibility index (Phi) is 7.27. The summed E-state index contributed by atoms with van der Waals surface area (Å²) in [6, 6.07) is 0. The third-order valence-electron chi connectivity index (χ3n) is 0.113. The zero-order chi connectivity index (χ0) is 5.86. The minimum absolute atomic E-state index is 2.09. The molecule has 0 aromatic carbocycles. The van der Waals surface area contributed by atoms with Crippen molar-refractivity contribution < 1.29 is 0 Å². The molecule has 0 saturated heterocycles. The Bertz CT molecular complexity index is 73.8. The van der Waals surface area contributed by atoms with E-state index in [1.54, 1.807) is 0 Å². The monoisotopic (exact) mass is 414 g/mol. The van der Waals surface area contributed by atoms with E-state index in [1.165, 1.54) is 0 Å². The number of hydrogen-bond acceptors (Lipinski definition) is 1. The summed E-state index contributed by atoms with van der Waals surface area (Å²) in [5.41, 5.74) is 0. The Morgan fingerprint density at radius 2 is 1.71 bits per heavy atom. The molecule has 44 valence electrons.